The highest BCUT2D eigenvalue weighted by Crippen LogP contribution is 2.36. The Hall–Kier alpha value is -0.123. The molecule has 22 heavy (non-hydrogen) atoms. The SMILES string of the molecule is CC(C)(C)[Si](C)(C)OCCCCCCCC[C@H]1C=C[C@@H](O)C1. The van der Waals surface area contributed by atoms with Gasteiger partial charge in [-0.05, 0) is 43.3 Å². The van der Waals surface area contributed by atoms with E-state index in [9.17, 15) is 5.11 Å². The first-order chi connectivity index (χ1) is 10.2. The van der Waals surface area contributed by atoms with Crippen molar-refractivity contribution >= 4 is 8.32 Å². The number of hydrogen-bond donors (Lipinski definition) is 1. The molecule has 0 aromatic carbocycles. The fraction of sp³-hybridized carbons (Fsp3) is 0.895. The number of aliphatic hydroxyl groups excluding tert-OH is 1. The predicted octanol–water partition coefficient (Wildman–Crippen LogP) is 5.68. The van der Waals surface area contributed by atoms with Crippen LogP contribution in [0.2, 0.25) is 18.1 Å². The van der Waals surface area contributed by atoms with Gasteiger partial charge in [-0.1, -0.05) is 65.0 Å². The molecule has 0 spiro atoms. The van der Waals surface area contributed by atoms with Gasteiger partial charge < -0.3 is 9.53 Å². The van der Waals surface area contributed by atoms with E-state index in [0.29, 0.717) is 11.0 Å². The highest BCUT2D eigenvalue weighted by Gasteiger charge is 2.36. The summed E-state index contributed by atoms with van der Waals surface area (Å²) in [6.45, 7) is 12.5. The smallest absolute Gasteiger partial charge is 0.191 e. The molecule has 130 valence electrons. The molecule has 1 rings (SSSR count). The van der Waals surface area contributed by atoms with E-state index >= 15 is 0 Å². The minimum Gasteiger partial charge on any atom is -0.417 e. The van der Waals surface area contributed by atoms with Crippen LogP contribution in [0.5, 0.6) is 0 Å². The summed E-state index contributed by atoms with van der Waals surface area (Å²) in [5, 5.41) is 9.76. The van der Waals surface area contributed by atoms with Gasteiger partial charge in [0.15, 0.2) is 8.32 Å². The minimum absolute atomic E-state index is 0.175. The van der Waals surface area contributed by atoms with E-state index in [1.54, 1.807) is 0 Å². The highest BCUT2D eigenvalue weighted by atomic mass is 28.4. The van der Waals surface area contributed by atoms with E-state index in [0.717, 1.165) is 13.0 Å². The summed E-state index contributed by atoms with van der Waals surface area (Å²) in [6.07, 6.45) is 14.0. The molecular formula is C19H38O2Si. The highest BCUT2D eigenvalue weighted by molar-refractivity contribution is 6.74. The van der Waals surface area contributed by atoms with Gasteiger partial charge in [0.25, 0.3) is 0 Å². The first-order valence-corrected chi connectivity index (χ1v) is 12.1. The fourth-order valence-electron chi connectivity index (χ4n) is 2.73. The van der Waals surface area contributed by atoms with Gasteiger partial charge in [-0.3, -0.25) is 0 Å². The van der Waals surface area contributed by atoms with Crippen LogP contribution in [0.15, 0.2) is 12.2 Å². The van der Waals surface area contributed by atoms with Crippen LogP contribution in [-0.2, 0) is 4.43 Å². The van der Waals surface area contributed by atoms with Crippen molar-refractivity contribution in [1.82, 2.24) is 0 Å². The molecule has 2 nitrogen and oxygen atoms in total. The standard InChI is InChI=1S/C19H38O2Si/c1-19(2,3)22(4,5)21-15-11-9-7-6-8-10-12-17-13-14-18(20)16-17/h13-14,17-18,20H,6-12,15-16H2,1-5H3/t17-,18+/m0/s1. The van der Waals surface area contributed by atoms with Crippen molar-refractivity contribution in [3.8, 4) is 0 Å². The Bertz CT molecular complexity index is 331. The molecule has 0 fully saturated rings. The average molecular weight is 327 g/mol. The van der Waals surface area contributed by atoms with Crippen molar-refractivity contribution in [1.29, 1.82) is 0 Å². The van der Waals surface area contributed by atoms with Crippen LogP contribution in [-0.4, -0.2) is 26.1 Å². The summed E-state index contributed by atoms with van der Waals surface area (Å²) in [5.74, 6) is 0.632. The summed E-state index contributed by atoms with van der Waals surface area (Å²) in [6, 6.07) is 0. The third-order valence-electron chi connectivity index (χ3n) is 5.39. The number of unbranched alkanes of at least 4 members (excludes halogenated alkanes) is 5. The molecule has 0 saturated carbocycles. The third-order valence-corrected chi connectivity index (χ3v) is 9.93. The Kier molecular flexibility index (Phi) is 8.37. The molecule has 0 aliphatic heterocycles. The summed E-state index contributed by atoms with van der Waals surface area (Å²) in [4.78, 5) is 0. The van der Waals surface area contributed by atoms with Gasteiger partial charge in [0.05, 0.1) is 6.10 Å². The lowest BCUT2D eigenvalue weighted by Crippen LogP contribution is -2.40. The third kappa shape index (κ3) is 7.43. The Labute approximate surface area is 139 Å². The van der Waals surface area contributed by atoms with E-state index in [1.807, 2.05) is 6.08 Å². The second-order valence-corrected chi connectivity index (χ2v) is 13.3. The lowest BCUT2D eigenvalue weighted by Gasteiger charge is -2.36. The van der Waals surface area contributed by atoms with E-state index in [1.165, 1.54) is 44.9 Å². The van der Waals surface area contributed by atoms with Gasteiger partial charge in [-0.2, -0.15) is 0 Å². The number of hydrogen-bond acceptors (Lipinski definition) is 2. The first-order valence-electron chi connectivity index (χ1n) is 9.23. The normalized spacial score (nSPS) is 22.5. The predicted molar refractivity (Wildman–Crippen MR) is 98.7 cm³/mol. The van der Waals surface area contributed by atoms with Crippen LogP contribution in [0.25, 0.3) is 0 Å². The number of rotatable bonds is 10. The van der Waals surface area contributed by atoms with Gasteiger partial charge in [-0.25, -0.2) is 0 Å². The van der Waals surface area contributed by atoms with Crippen molar-refractivity contribution in [2.75, 3.05) is 6.61 Å². The Balaban J connectivity index is 1.91. The molecule has 1 aliphatic rings. The quantitative estimate of drug-likeness (QED) is 0.318. The molecule has 1 N–H and O–H groups in total. The monoisotopic (exact) mass is 326 g/mol. The minimum atomic E-state index is -1.53. The summed E-state index contributed by atoms with van der Waals surface area (Å²) in [7, 11) is -1.53. The van der Waals surface area contributed by atoms with Gasteiger partial charge in [-0.15, -0.1) is 0 Å². The maximum absolute atomic E-state index is 9.43. The molecule has 0 heterocycles. The van der Waals surface area contributed by atoms with Crippen LogP contribution in [0.3, 0.4) is 0 Å². The fourth-order valence-corrected chi connectivity index (χ4v) is 3.81. The Morgan fingerprint density at radius 2 is 1.59 bits per heavy atom. The van der Waals surface area contributed by atoms with Crippen molar-refractivity contribution in [2.24, 2.45) is 5.92 Å². The molecule has 0 unspecified atom stereocenters. The molecule has 0 bridgehead atoms. The van der Waals surface area contributed by atoms with Crippen molar-refractivity contribution in [3.63, 3.8) is 0 Å². The van der Waals surface area contributed by atoms with Gasteiger partial charge in [0.1, 0.15) is 0 Å². The van der Waals surface area contributed by atoms with Crippen LogP contribution in [0.4, 0.5) is 0 Å². The molecule has 0 saturated heterocycles. The van der Waals surface area contributed by atoms with Crippen LogP contribution >= 0.6 is 0 Å². The topological polar surface area (TPSA) is 29.5 Å². The Morgan fingerprint density at radius 3 is 2.14 bits per heavy atom. The van der Waals surface area contributed by atoms with E-state index < -0.39 is 8.32 Å². The summed E-state index contributed by atoms with van der Waals surface area (Å²) >= 11 is 0. The van der Waals surface area contributed by atoms with E-state index in [4.69, 9.17) is 4.43 Å². The summed E-state index contributed by atoms with van der Waals surface area (Å²) < 4.78 is 6.21. The van der Waals surface area contributed by atoms with Crippen molar-refractivity contribution in [3.05, 3.63) is 12.2 Å². The van der Waals surface area contributed by atoms with Crippen LogP contribution in [0.1, 0.15) is 72.1 Å². The number of aliphatic hydroxyl groups is 1. The molecule has 0 aromatic heterocycles. The van der Waals surface area contributed by atoms with Crippen LogP contribution < -0.4 is 0 Å². The molecule has 0 radical (unpaired) electrons. The molecule has 2 atom stereocenters. The van der Waals surface area contributed by atoms with Crippen LogP contribution in [0, 0.1) is 5.92 Å². The molecular weight excluding hydrogens is 288 g/mol. The zero-order valence-corrected chi connectivity index (χ0v) is 16.5. The number of allylic oxidation sites excluding steroid dienone is 1. The second kappa shape index (κ2) is 9.24. The zero-order chi connectivity index (χ0) is 16.6. The largest absolute Gasteiger partial charge is 0.417 e. The zero-order valence-electron chi connectivity index (χ0n) is 15.5. The van der Waals surface area contributed by atoms with E-state index in [2.05, 4.69) is 39.9 Å². The summed E-state index contributed by atoms with van der Waals surface area (Å²) in [5.41, 5.74) is 0. The maximum atomic E-state index is 9.43. The second-order valence-electron chi connectivity index (χ2n) is 8.47. The van der Waals surface area contributed by atoms with Gasteiger partial charge >= 0.3 is 0 Å². The van der Waals surface area contributed by atoms with E-state index in [-0.39, 0.29) is 6.10 Å². The first kappa shape index (κ1) is 19.9. The van der Waals surface area contributed by atoms with Gasteiger partial charge in [0.2, 0.25) is 0 Å². The maximum Gasteiger partial charge on any atom is 0.191 e. The Morgan fingerprint density at radius 1 is 1.00 bits per heavy atom. The average Bonchev–Trinajstić information content (AvgIpc) is 2.81. The lowest BCUT2D eigenvalue weighted by atomic mass is 9.99. The molecule has 0 aromatic rings. The molecule has 0 amide bonds. The lowest BCUT2D eigenvalue weighted by molar-refractivity contribution is 0.207. The van der Waals surface area contributed by atoms with Crippen molar-refractivity contribution in [2.45, 2.75) is 96.4 Å². The van der Waals surface area contributed by atoms with Gasteiger partial charge in [0, 0.05) is 6.61 Å². The molecule has 3 heteroatoms. The molecule has 1 aliphatic carbocycles. The van der Waals surface area contributed by atoms with Crippen molar-refractivity contribution < 1.29 is 9.53 Å².